The quantitative estimate of drug-likeness (QED) is 0.778. The van der Waals surface area contributed by atoms with Gasteiger partial charge in [-0.1, -0.05) is 23.7 Å². The van der Waals surface area contributed by atoms with Gasteiger partial charge in [0.25, 0.3) is 0 Å². The fraction of sp³-hybridized carbons (Fsp3) is 0. The van der Waals surface area contributed by atoms with Crippen molar-refractivity contribution in [2.75, 3.05) is 5.73 Å². The summed E-state index contributed by atoms with van der Waals surface area (Å²) in [6, 6.07) is 15.0. The van der Waals surface area contributed by atoms with E-state index in [1.165, 1.54) is 0 Å². The maximum atomic E-state index is 9.36. The summed E-state index contributed by atoms with van der Waals surface area (Å²) in [4.78, 5) is 8.32. The molecule has 0 aliphatic heterocycles. The summed E-state index contributed by atoms with van der Waals surface area (Å²) in [5.74, 6) is 0.210. The standard InChI is InChI=1S/C17H11ClN4/c18-13-3-1-12(2-4-13)16-9-14(11-5-7-21-8-6-11)15(10-19)17(20)22-16/h1-9H,(H2,20,22). The van der Waals surface area contributed by atoms with Crippen LogP contribution in [-0.4, -0.2) is 9.97 Å². The monoisotopic (exact) mass is 306 g/mol. The van der Waals surface area contributed by atoms with Gasteiger partial charge in [0.2, 0.25) is 0 Å². The second-order valence-electron chi connectivity index (χ2n) is 4.67. The first-order valence-corrected chi connectivity index (χ1v) is 6.94. The molecule has 0 amide bonds. The number of hydrogen-bond donors (Lipinski definition) is 1. The fourth-order valence-electron chi connectivity index (χ4n) is 2.21. The minimum Gasteiger partial charge on any atom is -0.383 e. The van der Waals surface area contributed by atoms with E-state index in [0.717, 1.165) is 16.7 Å². The Labute approximate surface area is 132 Å². The van der Waals surface area contributed by atoms with E-state index < -0.39 is 0 Å². The van der Waals surface area contributed by atoms with Crippen LogP contribution < -0.4 is 5.73 Å². The first-order chi connectivity index (χ1) is 10.7. The summed E-state index contributed by atoms with van der Waals surface area (Å²) in [7, 11) is 0. The molecule has 3 rings (SSSR count). The van der Waals surface area contributed by atoms with Crippen LogP contribution in [0.25, 0.3) is 22.4 Å². The zero-order chi connectivity index (χ0) is 15.5. The molecule has 0 radical (unpaired) electrons. The molecule has 0 aliphatic rings. The molecule has 0 aliphatic carbocycles. The average molecular weight is 307 g/mol. The van der Waals surface area contributed by atoms with Gasteiger partial charge in [0.15, 0.2) is 0 Å². The molecule has 0 saturated carbocycles. The zero-order valence-corrected chi connectivity index (χ0v) is 12.2. The molecule has 2 N–H and O–H groups in total. The Morgan fingerprint density at radius 2 is 1.68 bits per heavy atom. The van der Waals surface area contributed by atoms with Crippen LogP contribution in [-0.2, 0) is 0 Å². The van der Waals surface area contributed by atoms with Crippen LogP contribution in [0, 0.1) is 11.3 Å². The predicted molar refractivity (Wildman–Crippen MR) is 87.0 cm³/mol. The van der Waals surface area contributed by atoms with Crippen molar-refractivity contribution < 1.29 is 0 Å². The van der Waals surface area contributed by atoms with Crippen LogP contribution in [0.15, 0.2) is 54.9 Å². The van der Waals surface area contributed by atoms with Gasteiger partial charge in [0.05, 0.1) is 5.69 Å². The van der Waals surface area contributed by atoms with Gasteiger partial charge in [0, 0.05) is 28.5 Å². The molecule has 0 saturated heterocycles. The number of rotatable bonds is 2. The van der Waals surface area contributed by atoms with Crippen LogP contribution in [0.2, 0.25) is 5.02 Å². The molecule has 2 heterocycles. The number of aromatic nitrogens is 2. The van der Waals surface area contributed by atoms with E-state index in [0.29, 0.717) is 16.3 Å². The number of hydrogen-bond acceptors (Lipinski definition) is 4. The van der Waals surface area contributed by atoms with Gasteiger partial charge in [0.1, 0.15) is 17.5 Å². The molecule has 22 heavy (non-hydrogen) atoms. The molecule has 1 aromatic carbocycles. The highest BCUT2D eigenvalue weighted by Gasteiger charge is 2.13. The maximum Gasteiger partial charge on any atom is 0.142 e. The van der Waals surface area contributed by atoms with Crippen LogP contribution >= 0.6 is 11.6 Å². The van der Waals surface area contributed by atoms with Crippen molar-refractivity contribution in [3.05, 3.63) is 65.4 Å². The molecule has 0 fully saturated rings. The second kappa shape index (κ2) is 5.84. The van der Waals surface area contributed by atoms with Crippen molar-refractivity contribution >= 4 is 17.4 Å². The Balaban J connectivity index is 2.21. The van der Waals surface area contributed by atoms with E-state index in [-0.39, 0.29) is 5.82 Å². The maximum absolute atomic E-state index is 9.36. The van der Waals surface area contributed by atoms with Gasteiger partial charge in [-0.25, -0.2) is 4.98 Å². The van der Waals surface area contributed by atoms with Crippen molar-refractivity contribution in [3.63, 3.8) is 0 Å². The summed E-state index contributed by atoms with van der Waals surface area (Å²) >= 11 is 5.91. The fourth-order valence-corrected chi connectivity index (χ4v) is 2.34. The molecule has 0 atom stereocenters. The van der Waals surface area contributed by atoms with Gasteiger partial charge < -0.3 is 5.73 Å². The summed E-state index contributed by atoms with van der Waals surface area (Å²) in [5.41, 5.74) is 9.52. The summed E-state index contributed by atoms with van der Waals surface area (Å²) < 4.78 is 0. The van der Waals surface area contributed by atoms with Gasteiger partial charge in [-0.15, -0.1) is 0 Å². The normalized spacial score (nSPS) is 10.2. The number of nitrogens with zero attached hydrogens (tertiary/aromatic N) is 3. The Morgan fingerprint density at radius 3 is 2.32 bits per heavy atom. The number of pyridine rings is 2. The Bertz CT molecular complexity index is 852. The highest BCUT2D eigenvalue weighted by atomic mass is 35.5. The molecule has 4 nitrogen and oxygen atoms in total. The van der Waals surface area contributed by atoms with Crippen LogP contribution in [0.4, 0.5) is 5.82 Å². The first-order valence-electron chi connectivity index (χ1n) is 6.56. The zero-order valence-electron chi connectivity index (χ0n) is 11.5. The van der Waals surface area contributed by atoms with Crippen LogP contribution in [0.3, 0.4) is 0 Å². The number of nitrogens with two attached hydrogens (primary N) is 1. The Morgan fingerprint density at radius 1 is 1.00 bits per heavy atom. The van der Waals surface area contributed by atoms with Gasteiger partial charge in [-0.3, -0.25) is 4.98 Å². The predicted octanol–water partition coefficient (Wildman–Crippen LogP) is 3.92. The molecular weight excluding hydrogens is 296 g/mol. The van der Waals surface area contributed by atoms with Gasteiger partial charge >= 0.3 is 0 Å². The SMILES string of the molecule is N#Cc1c(-c2ccncc2)cc(-c2ccc(Cl)cc2)nc1N. The van der Waals surface area contributed by atoms with Crippen molar-refractivity contribution in [1.29, 1.82) is 5.26 Å². The van der Waals surface area contributed by atoms with Crippen molar-refractivity contribution in [1.82, 2.24) is 9.97 Å². The number of nitriles is 1. The Kier molecular flexibility index (Phi) is 3.73. The van der Waals surface area contributed by atoms with Crippen molar-refractivity contribution in [2.45, 2.75) is 0 Å². The van der Waals surface area contributed by atoms with E-state index >= 15 is 0 Å². The van der Waals surface area contributed by atoms with Gasteiger partial charge in [-0.2, -0.15) is 5.26 Å². The van der Waals surface area contributed by atoms with Crippen molar-refractivity contribution in [3.8, 4) is 28.5 Å². The Hall–Kier alpha value is -2.90. The largest absolute Gasteiger partial charge is 0.383 e. The van der Waals surface area contributed by atoms with E-state index in [4.69, 9.17) is 17.3 Å². The number of anilines is 1. The minimum absolute atomic E-state index is 0.210. The van der Waals surface area contributed by atoms with E-state index in [9.17, 15) is 5.26 Å². The van der Waals surface area contributed by atoms with Crippen LogP contribution in [0.1, 0.15) is 5.56 Å². The highest BCUT2D eigenvalue weighted by molar-refractivity contribution is 6.30. The molecule has 0 spiro atoms. The molecule has 2 aromatic heterocycles. The summed E-state index contributed by atoms with van der Waals surface area (Å²) in [6.45, 7) is 0. The number of halogens is 1. The lowest BCUT2D eigenvalue weighted by molar-refractivity contribution is 1.29. The molecule has 3 aromatic rings. The molecule has 0 unspecified atom stereocenters. The van der Waals surface area contributed by atoms with Crippen LogP contribution in [0.5, 0.6) is 0 Å². The molecule has 106 valence electrons. The number of benzene rings is 1. The summed E-state index contributed by atoms with van der Waals surface area (Å²) in [6.07, 6.45) is 3.35. The topological polar surface area (TPSA) is 75.6 Å². The van der Waals surface area contributed by atoms with E-state index in [1.54, 1.807) is 24.5 Å². The summed E-state index contributed by atoms with van der Waals surface area (Å²) in [5, 5.41) is 10.0. The average Bonchev–Trinajstić information content (AvgIpc) is 2.55. The first kappa shape index (κ1) is 14.1. The molecule has 0 bridgehead atoms. The third kappa shape index (κ3) is 2.62. The van der Waals surface area contributed by atoms with E-state index in [1.807, 2.05) is 30.3 Å². The molecular formula is C17H11ClN4. The third-order valence-corrected chi connectivity index (χ3v) is 3.54. The van der Waals surface area contributed by atoms with Crippen molar-refractivity contribution in [2.24, 2.45) is 0 Å². The smallest absolute Gasteiger partial charge is 0.142 e. The number of nitrogen functional groups attached to an aromatic ring is 1. The second-order valence-corrected chi connectivity index (χ2v) is 5.11. The lowest BCUT2D eigenvalue weighted by Gasteiger charge is -2.10. The lowest BCUT2D eigenvalue weighted by atomic mass is 9.99. The third-order valence-electron chi connectivity index (χ3n) is 3.29. The minimum atomic E-state index is 0.210. The van der Waals surface area contributed by atoms with Gasteiger partial charge in [-0.05, 0) is 35.9 Å². The lowest BCUT2D eigenvalue weighted by Crippen LogP contribution is -1.99. The van der Waals surface area contributed by atoms with E-state index in [2.05, 4.69) is 16.0 Å². The molecule has 5 heteroatoms. The highest BCUT2D eigenvalue weighted by Crippen LogP contribution is 2.31.